The number of nitrogens with zero attached hydrogens (tertiary/aromatic N) is 2. The van der Waals surface area contributed by atoms with Crippen LogP contribution in [0, 0.1) is 0 Å². The highest BCUT2D eigenvalue weighted by molar-refractivity contribution is 7.85. The van der Waals surface area contributed by atoms with Crippen molar-refractivity contribution in [2.45, 2.75) is 11.8 Å². The summed E-state index contributed by atoms with van der Waals surface area (Å²) >= 11 is 5.09. The van der Waals surface area contributed by atoms with Gasteiger partial charge >= 0.3 is 0 Å². The highest BCUT2D eigenvalue weighted by atomic mass is 32.2. The smallest absolute Gasteiger partial charge is 0.294 e. The molecule has 0 bridgehead atoms. The molecular formula is C14H14N4O3S2. The molecule has 0 aliphatic carbocycles. The summed E-state index contributed by atoms with van der Waals surface area (Å²) in [6, 6.07) is 11.0. The second-order valence-corrected chi connectivity index (χ2v) is 6.31. The minimum absolute atomic E-state index is 0.189. The number of rotatable bonds is 4. The first-order chi connectivity index (χ1) is 10.9. The Hall–Kier alpha value is -2.36. The molecule has 0 aliphatic rings. The molecule has 1 heterocycles. The summed E-state index contributed by atoms with van der Waals surface area (Å²) in [5, 5.41) is 7.19. The number of hydrazone groups is 1. The van der Waals surface area contributed by atoms with Crippen molar-refractivity contribution in [1.82, 2.24) is 10.4 Å². The quantitative estimate of drug-likeness (QED) is 0.335. The molecule has 7 nitrogen and oxygen atoms in total. The first-order valence-electron chi connectivity index (χ1n) is 6.46. The van der Waals surface area contributed by atoms with Crippen LogP contribution in [0.4, 0.5) is 5.69 Å². The summed E-state index contributed by atoms with van der Waals surface area (Å²) in [6.45, 7) is 1.79. The van der Waals surface area contributed by atoms with Gasteiger partial charge in [0.2, 0.25) is 0 Å². The molecule has 1 aromatic carbocycles. The Labute approximate surface area is 139 Å². The molecule has 0 spiro atoms. The number of hydrogen-bond donors (Lipinski definition) is 3. The second-order valence-electron chi connectivity index (χ2n) is 4.48. The van der Waals surface area contributed by atoms with E-state index in [-0.39, 0.29) is 10.0 Å². The van der Waals surface area contributed by atoms with Crippen molar-refractivity contribution in [3.05, 3.63) is 54.4 Å². The van der Waals surface area contributed by atoms with Gasteiger partial charge in [-0.05, 0) is 55.5 Å². The Kier molecular flexibility index (Phi) is 5.37. The lowest BCUT2D eigenvalue weighted by Gasteiger charge is -2.08. The van der Waals surface area contributed by atoms with E-state index in [0.29, 0.717) is 11.4 Å². The van der Waals surface area contributed by atoms with Gasteiger partial charge < -0.3 is 5.32 Å². The molecule has 9 heteroatoms. The highest BCUT2D eigenvalue weighted by Crippen LogP contribution is 2.13. The zero-order valence-electron chi connectivity index (χ0n) is 12.1. The van der Waals surface area contributed by atoms with Gasteiger partial charge in [0.1, 0.15) is 0 Å². The van der Waals surface area contributed by atoms with E-state index in [1.165, 1.54) is 24.3 Å². The number of nitrogens with one attached hydrogen (secondary N) is 2. The molecule has 1 aromatic heterocycles. The molecular weight excluding hydrogens is 336 g/mol. The molecule has 0 fully saturated rings. The summed E-state index contributed by atoms with van der Waals surface area (Å²) in [5.41, 5.74) is 4.62. The average Bonchev–Trinajstić information content (AvgIpc) is 2.53. The van der Waals surface area contributed by atoms with E-state index in [2.05, 4.69) is 20.8 Å². The molecule has 0 aliphatic heterocycles. The largest absolute Gasteiger partial charge is 0.331 e. The van der Waals surface area contributed by atoms with Crippen LogP contribution < -0.4 is 10.7 Å². The number of benzene rings is 1. The Bertz CT molecular complexity index is 819. The molecule has 3 N–H and O–H groups in total. The number of aromatic nitrogens is 1. The molecule has 0 atom stereocenters. The summed E-state index contributed by atoms with van der Waals surface area (Å²) in [6.07, 6.45) is 1.67. The van der Waals surface area contributed by atoms with Crippen molar-refractivity contribution in [3.63, 3.8) is 0 Å². The number of anilines is 1. The van der Waals surface area contributed by atoms with Gasteiger partial charge in [-0.3, -0.25) is 15.0 Å². The van der Waals surface area contributed by atoms with Crippen LogP contribution in [0.1, 0.15) is 12.6 Å². The maximum atomic E-state index is 11.0. The van der Waals surface area contributed by atoms with E-state index in [9.17, 15) is 8.42 Å². The monoisotopic (exact) mass is 350 g/mol. The topological polar surface area (TPSA) is 104 Å². The van der Waals surface area contributed by atoms with Crippen molar-refractivity contribution in [3.8, 4) is 0 Å². The fourth-order valence-corrected chi connectivity index (χ4v) is 2.28. The van der Waals surface area contributed by atoms with E-state index in [0.717, 1.165) is 5.69 Å². The fraction of sp³-hybridized carbons (Fsp3) is 0.0714. The summed E-state index contributed by atoms with van der Waals surface area (Å²) in [7, 11) is -4.21. The molecule has 0 unspecified atom stereocenters. The van der Waals surface area contributed by atoms with Crippen LogP contribution in [0.15, 0.2) is 58.7 Å². The van der Waals surface area contributed by atoms with Crippen LogP contribution in [-0.2, 0) is 10.1 Å². The highest BCUT2D eigenvalue weighted by Gasteiger charge is 2.08. The predicted molar refractivity (Wildman–Crippen MR) is 92.1 cm³/mol. The Morgan fingerprint density at radius 1 is 1.22 bits per heavy atom. The Morgan fingerprint density at radius 3 is 2.48 bits per heavy atom. The van der Waals surface area contributed by atoms with E-state index in [4.69, 9.17) is 16.8 Å². The van der Waals surface area contributed by atoms with Crippen LogP contribution in [0.25, 0.3) is 0 Å². The summed E-state index contributed by atoms with van der Waals surface area (Å²) in [5.74, 6) is 0. The van der Waals surface area contributed by atoms with Crippen LogP contribution in [0.5, 0.6) is 0 Å². The van der Waals surface area contributed by atoms with Crippen molar-refractivity contribution >= 4 is 38.8 Å². The van der Waals surface area contributed by atoms with Gasteiger partial charge in [-0.2, -0.15) is 13.5 Å². The van der Waals surface area contributed by atoms with Gasteiger partial charge in [0.05, 0.1) is 16.3 Å². The third kappa shape index (κ3) is 5.09. The summed E-state index contributed by atoms with van der Waals surface area (Å²) in [4.78, 5) is 3.97. The Morgan fingerprint density at radius 2 is 1.91 bits per heavy atom. The Balaban J connectivity index is 1.97. The van der Waals surface area contributed by atoms with Gasteiger partial charge in [0.25, 0.3) is 10.1 Å². The first kappa shape index (κ1) is 17.0. The van der Waals surface area contributed by atoms with Gasteiger partial charge in [0.15, 0.2) is 5.11 Å². The van der Waals surface area contributed by atoms with Crippen LogP contribution in [0.3, 0.4) is 0 Å². The third-order valence-electron chi connectivity index (χ3n) is 2.77. The van der Waals surface area contributed by atoms with Crippen molar-refractivity contribution in [1.29, 1.82) is 0 Å². The minimum Gasteiger partial charge on any atom is -0.331 e. The minimum atomic E-state index is -4.21. The second kappa shape index (κ2) is 7.27. The molecule has 0 saturated heterocycles. The van der Waals surface area contributed by atoms with E-state index >= 15 is 0 Å². The first-order valence-corrected chi connectivity index (χ1v) is 8.31. The molecule has 2 aromatic rings. The maximum Gasteiger partial charge on any atom is 0.294 e. The standard InChI is InChI=1S/C14H14N4O3S2/c1-10(13-4-2-3-9-15-13)17-18-14(22)16-11-5-7-12(8-6-11)23(19,20)21/h2-9H,1H3,(H2,16,18,22)(H,19,20,21)/b17-10-. The SMILES string of the molecule is C/C(=N/NC(=S)Nc1ccc(S(=O)(=O)O)cc1)c1ccccn1. The number of thiocarbonyl (C=S) groups is 1. The predicted octanol–water partition coefficient (Wildman–Crippen LogP) is 2.04. The molecule has 2 rings (SSSR count). The van der Waals surface area contributed by atoms with Gasteiger partial charge in [-0.1, -0.05) is 6.07 Å². The van der Waals surface area contributed by atoms with E-state index < -0.39 is 10.1 Å². The van der Waals surface area contributed by atoms with Crippen molar-refractivity contribution in [2.24, 2.45) is 5.10 Å². The normalized spacial score (nSPS) is 11.8. The number of pyridine rings is 1. The van der Waals surface area contributed by atoms with Crippen LogP contribution in [0.2, 0.25) is 0 Å². The molecule has 23 heavy (non-hydrogen) atoms. The molecule has 0 amide bonds. The van der Waals surface area contributed by atoms with Crippen LogP contribution in [-0.4, -0.2) is 28.8 Å². The van der Waals surface area contributed by atoms with Crippen molar-refractivity contribution < 1.29 is 13.0 Å². The zero-order chi connectivity index (χ0) is 16.9. The average molecular weight is 350 g/mol. The summed E-state index contributed by atoms with van der Waals surface area (Å²) < 4.78 is 30.8. The lowest BCUT2D eigenvalue weighted by molar-refractivity contribution is 0.483. The van der Waals surface area contributed by atoms with Gasteiger partial charge in [-0.15, -0.1) is 0 Å². The van der Waals surface area contributed by atoms with E-state index in [1.54, 1.807) is 13.1 Å². The van der Waals surface area contributed by atoms with Crippen molar-refractivity contribution in [2.75, 3.05) is 5.32 Å². The number of hydrogen-bond acceptors (Lipinski definition) is 5. The molecule has 0 saturated carbocycles. The third-order valence-corrected chi connectivity index (χ3v) is 3.83. The lowest BCUT2D eigenvalue weighted by Crippen LogP contribution is -2.25. The lowest BCUT2D eigenvalue weighted by atomic mass is 10.3. The maximum absolute atomic E-state index is 11.0. The molecule has 120 valence electrons. The van der Waals surface area contributed by atoms with E-state index in [1.807, 2.05) is 18.2 Å². The van der Waals surface area contributed by atoms with Crippen LogP contribution >= 0.6 is 12.2 Å². The van der Waals surface area contributed by atoms with Gasteiger partial charge in [0, 0.05) is 11.9 Å². The fourth-order valence-electron chi connectivity index (χ4n) is 1.64. The van der Waals surface area contributed by atoms with Gasteiger partial charge in [-0.25, -0.2) is 0 Å². The molecule has 0 radical (unpaired) electrons. The zero-order valence-corrected chi connectivity index (χ0v) is 13.7.